The quantitative estimate of drug-likeness (QED) is 0.664. The Bertz CT molecular complexity index is 600. The standard InChI is InChI=1S/C17H23N3S/c1-13-6-5-9-16(17(13)18)21-12-14-10-11-20(19-14)15-7-3-2-4-8-15/h5-6,9-11,15H,2-4,7-8,12,18H2,1H3. The maximum atomic E-state index is 6.12. The Morgan fingerprint density at radius 2 is 2.05 bits per heavy atom. The molecule has 21 heavy (non-hydrogen) atoms. The van der Waals surface area contributed by atoms with Gasteiger partial charge in [-0.1, -0.05) is 31.4 Å². The highest BCUT2D eigenvalue weighted by atomic mass is 32.2. The van der Waals surface area contributed by atoms with Crippen molar-refractivity contribution >= 4 is 17.4 Å². The molecule has 3 rings (SSSR count). The van der Waals surface area contributed by atoms with Gasteiger partial charge in [0.15, 0.2) is 0 Å². The molecule has 1 aromatic carbocycles. The SMILES string of the molecule is Cc1cccc(SCc2ccn(C3CCCCC3)n2)c1N. The number of aryl methyl sites for hydroxylation is 1. The number of rotatable bonds is 4. The average Bonchev–Trinajstić information content (AvgIpc) is 2.99. The smallest absolute Gasteiger partial charge is 0.0727 e. The summed E-state index contributed by atoms with van der Waals surface area (Å²) in [4.78, 5) is 1.15. The fourth-order valence-electron chi connectivity index (χ4n) is 2.93. The van der Waals surface area contributed by atoms with Crippen molar-refractivity contribution in [2.45, 2.75) is 55.7 Å². The molecule has 0 radical (unpaired) electrons. The number of nitrogens with zero attached hydrogens (tertiary/aromatic N) is 2. The number of hydrogen-bond acceptors (Lipinski definition) is 3. The van der Waals surface area contributed by atoms with E-state index in [0.29, 0.717) is 6.04 Å². The highest BCUT2D eigenvalue weighted by Gasteiger charge is 2.16. The molecule has 0 spiro atoms. The lowest BCUT2D eigenvalue weighted by Gasteiger charge is -2.21. The number of benzene rings is 1. The molecular weight excluding hydrogens is 278 g/mol. The molecule has 1 saturated carbocycles. The van der Waals surface area contributed by atoms with Crippen LogP contribution in [-0.4, -0.2) is 9.78 Å². The van der Waals surface area contributed by atoms with E-state index in [1.54, 1.807) is 11.8 Å². The summed E-state index contributed by atoms with van der Waals surface area (Å²) in [5, 5.41) is 4.76. The molecule has 0 saturated heterocycles. The van der Waals surface area contributed by atoms with Gasteiger partial charge in [0.05, 0.1) is 11.7 Å². The molecule has 0 aliphatic heterocycles. The van der Waals surface area contributed by atoms with E-state index in [-0.39, 0.29) is 0 Å². The van der Waals surface area contributed by atoms with E-state index in [4.69, 9.17) is 10.8 Å². The van der Waals surface area contributed by atoms with E-state index < -0.39 is 0 Å². The van der Waals surface area contributed by atoms with Gasteiger partial charge in [-0.15, -0.1) is 11.8 Å². The molecule has 112 valence electrons. The number of aromatic nitrogens is 2. The Morgan fingerprint density at radius 1 is 1.24 bits per heavy atom. The maximum Gasteiger partial charge on any atom is 0.0727 e. The Kier molecular flexibility index (Phi) is 4.54. The van der Waals surface area contributed by atoms with Gasteiger partial charge in [-0.05, 0) is 37.5 Å². The summed E-state index contributed by atoms with van der Waals surface area (Å²) in [5.74, 6) is 0.882. The van der Waals surface area contributed by atoms with Gasteiger partial charge < -0.3 is 5.73 Å². The normalized spacial score (nSPS) is 16.2. The zero-order chi connectivity index (χ0) is 14.7. The van der Waals surface area contributed by atoms with E-state index in [1.807, 2.05) is 0 Å². The Morgan fingerprint density at radius 3 is 2.86 bits per heavy atom. The summed E-state index contributed by atoms with van der Waals surface area (Å²) in [7, 11) is 0. The van der Waals surface area contributed by atoms with Crippen molar-refractivity contribution in [3.8, 4) is 0 Å². The van der Waals surface area contributed by atoms with Gasteiger partial charge in [-0.25, -0.2) is 0 Å². The third-order valence-electron chi connectivity index (χ3n) is 4.27. The van der Waals surface area contributed by atoms with Crippen LogP contribution >= 0.6 is 11.8 Å². The number of thioether (sulfide) groups is 1. The van der Waals surface area contributed by atoms with Crippen molar-refractivity contribution in [1.82, 2.24) is 9.78 Å². The molecular formula is C17H23N3S. The monoisotopic (exact) mass is 301 g/mol. The molecule has 1 aliphatic rings. The first kappa shape index (κ1) is 14.5. The van der Waals surface area contributed by atoms with Crippen LogP contribution < -0.4 is 5.73 Å². The Balaban J connectivity index is 1.63. The van der Waals surface area contributed by atoms with Crippen LogP contribution in [0.5, 0.6) is 0 Å². The minimum atomic E-state index is 0.613. The number of anilines is 1. The highest BCUT2D eigenvalue weighted by molar-refractivity contribution is 7.98. The predicted molar refractivity (Wildman–Crippen MR) is 89.5 cm³/mol. The third-order valence-corrected chi connectivity index (χ3v) is 5.38. The minimum absolute atomic E-state index is 0.613. The third kappa shape index (κ3) is 3.43. The van der Waals surface area contributed by atoms with Crippen LogP contribution in [-0.2, 0) is 5.75 Å². The van der Waals surface area contributed by atoms with Crippen LogP contribution in [0.25, 0.3) is 0 Å². The molecule has 4 heteroatoms. The summed E-state index contributed by atoms with van der Waals surface area (Å²) in [6, 6.07) is 8.96. The van der Waals surface area contributed by atoms with Gasteiger partial charge in [-0.3, -0.25) is 4.68 Å². The molecule has 2 N–H and O–H groups in total. The van der Waals surface area contributed by atoms with Gasteiger partial charge in [0, 0.05) is 22.5 Å². The van der Waals surface area contributed by atoms with Crippen molar-refractivity contribution < 1.29 is 0 Å². The second-order valence-electron chi connectivity index (χ2n) is 5.85. The van der Waals surface area contributed by atoms with Gasteiger partial charge in [0.1, 0.15) is 0 Å². The number of nitrogens with two attached hydrogens (primary N) is 1. The van der Waals surface area contributed by atoms with E-state index in [1.165, 1.54) is 32.1 Å². The lowest BCUT2D eigenvalue weighted by Crippen LogP contribution is -2.13. The van der Waals surface area contributed by atoms with Gasteiger partial charge in [-0.2, -0.15) is 5.10 Å². The van der Waals surface area contributed by atoms with Crippen LogP contribution in [0.2, 0.25) is 0 Å². The van der Waals surface area contributed by atoms with Crippen molar-refractivity contribution in [3.63, 3.8) is 0 Å². The van der Waals surface area contributed by atoms with Crippen molar-refractivity contribution in [3.05, 3.63) is 41.7 Å². The van der Waals surface area contributed by atoms with Crippen LogP contribution in [0, 0.1) is 6.92 Å². The van der Waals surface area contributed by atoms with Crippen LogP contribution in [0.3, 0.4) is 0 Å². The first-order valence-corrected chi connectivity index (χ1v) is 8.74. The fraction of sp³-hybridized carbons (Fsp3) is 0.471. The second-order valence-corrected chi connectivity index (χ2v) is 6.87. The maximum absolute atomic E-state index is 6.12. The Hall–Kier alpha value is -1.42. The largest absolute Gasteiger partial charge is 0.398 e. The summed E-state index contributed by atoms with van der Waals surface area (Å²) in [6.07, 6.45) is 8.76. The average molecular weight is 301 g/mol. The van der Waals surface area contributed by atoms with Crippen LogP contribution in [0.1, 0.15) is 49.4 Å². The number of nitrogen functional groups attached to an aromatic ring is 1. The summed E-state index contributed by atoms with van der Waals surface area (Å²) in [6.45, 7) is 2.05. The van der Waals surface area contributed by atoms with E-state index in [0.717, 1.165) is 27.6 Å². The minimum Gasteiger partial charge on any atom is -0.398 e. The molecule has 0 atom stereocenters. The van der Waals surface area contributed by atoms with Crippen LogP contribution in [0.15, 0.2) is 35.4 Å². The molecule has 3 nitrogen and oxygen atoms in total. The topological polar surface area (TPSA) is 43.8 Å². The van der Waals surface area contributed by atoms with Gasteiger partial charge >= 0.3 is 0 Å². The molecule has 1 fully saturated rings. The molecule has 2 aromatic rings. The lowest BCUT2D eigenvalue weighted by molar-refractivity contribution is 0.328. The van der Waals surface area contributed by atoms with E-state index in [2.05, 4.69) is 42.1 Å². The van der Waals surface area contributed by atoms with Crippen LogP contribution in [0.4, 0.5) is 5.69 Å². The summed E-state index contributed by atoms with van der Waals surface area (Å²) < 4.78 is 2.18. The predicted octanol–water partition coefficient (Wildman–Crippen LogP) is 4.57. The molecule has 1 aromatic heterocycles. The first-order chi connectivity index (χ1) is 10.2. The molecule has 0 bridgehead atoms. The number of hydrogen-bond donors (Lipinski definition) is 1. The molecule has 0 unspecified atom stereocenters. The van der Waals surface area contributed by atoms with Crippen molar-refractivity contribution in [2.75, 3.05) is 5.73 Å². The van der Waals surface area contributed by atoms with E-state index >= 15 is 0 Å². The summed E-state index contributed by atoms with van der Waals surface area (Å²) in [5.41, 5.74) is 9.31. The first-order valence-electron chi connectivity index (χ1n) is 7.76. The summed E-state index contributed by atoms with van der Waals surface area (Å²) >= 11 is 1.77. The second kappa shape index (κ2) is 6.56. The van der Waals surface area contributed by atoms with Crippen molar-refractivity contribution in [1.29, 1.82) is 0 Å². The van der Waals surface area contributed by atoms with Gasteiger partial charge in [0.25, 0.3) is 0 Å². The zero-order valence-corrected chi connectivity index (χ0v) is 13.4. The zero-order valence-electron chi connectivity index (χ0n) is 12.6. The molecule has 1 aliphatic carbocycles. The van der Waals surface area contributed by atoms with Gasteiger partial charge in [0.2, 0.25) is 0 Å². The molecule has 0 amide bonds. The number of para-hydroxylation sites is 1. The lowest BCUT2D eigenvalue weighted by atomic mass is 9.96. The Labute approximate surface area is 130 Å². The fourth-order valence-corrected chi connectivity index (χ4v) is 3.88. The highest BCUT2D eigenvalue weighted by Crippen LogP contribution is 2.31. The van der Waals surface area contributed by atoms with E-state index in [9.17, 15) is 0 Å². The van der Waals surface area contributed by atoms with Crippen molar-refractivity contribution in [2.24, 2.45) is 0 Å². The molecule has 1 heterocycles.